The highest BCUT2D eigenvalue weighted by Gasteiger charge is 2.20. The molecule has 3 rings (SSSR count). The standard InChI is InChI=1S/C15H19N5O/c1-12(21)13-3-6-16-14(11-13)19-7-9-20(10-8-19)15-17-4-2-5-18-15/h2-6,11-12,21H,7-10H2,1H3/t12-/m1/s1. The first kappa shape index (κ1) is 13.8. The summed E-state index contributed by atoms with van der Waals surface area (Å²) < 4.78 is 0. The van der Waals surface area contributed by atoms with Gasteiger partial charge >= 0.3 is 0 Å². The second-order valence-corrected chi connectivity index (χ2v) is 5.15. The lowest BCUT2D eigenvalue weighted by molar-refractivity contribution is 0.199. The largest absolute Gasteiger partial charge is 0.389 e. The number of rotatable bonds is 3. The Morgan fingerprint density at radius 1 is 1.00 bits per heavy atom. The molecule has 1 atom stereocenters. The molecule has 21 heavy (non-hydrogen) atoms. The van der Waals surface area contributed by atoms with Gasteiger partial charge in [0.1, 0.15) is 5.82 Å². The predicted molar refractivity (Wildman–Crippen MR) is 81.3 cm³/mol. The van der Waals surface area contributed by atoms with Gasteiger partial charge in [-0.15, -0.1) is 0 Å². The van der Waals surface area contributed by atoms with Crippen molar-refractivity contribution in [1.29, 1.82) is 0 Å². The van der Waals surface area contributed by atoms with Gasteiger partial charge in [0.15, 0.2) is 0 Å². The fraction of sp³-hybridized carbons (Fsp3) is 0.400. The molecule has 0 saturated carbocycles. The van der Waals surface area contributed by atoms with Crippen molar-refractivity contribution >= 4 is 11.8 Å². The lowest BCUT2D eigenvalue weighted by Gasteiger charge is -2.35. The average molecular weight is 285 g/mol. The van der Waals surface area contributed by atoms with Crippen molar-refractivity contribution in [3.05, 3.63) is 42.4 Å². The third-order valence-electron chi connectivity index (χ3n) is 3.69. The molecule has 1 fully saturated rings. The van der Waals surface area contributed by atoms with E-state index in [-0.39, 0.29) is 0 Å². The Labute approximate surface area is 124 Å². The molecule has 0 aromatic carbocycles. The van der Waals surface area contributed by atoms with Gasteiger partial charge in [-0.1, -0.05) is 0 Å². The van der Waals surface area contributed by atoms with Crippen molar-refractivity contribution in [3.63, 3.8) is 0 Å². The van der Waals surface area contributed by atoms with Gasteiger partial charge in [0, 0.05) is 44.8 Å². The summed E-state index contributed by atoms with van der Waals surface area (Å²) in [6.07, 6.45) is 4.82. The summed E-state index contributed by atoms with van der Waals surface area (Å²) in [5, 5.41) is 9.67. The van der Waals surface area contributed by atoms with Crippen molar-refractivity contribution in [2.45, 2.75) is 13.0 Å². The van der Waals surface area contributed by atoms with Gasteiger partial charge < -0.3 is 14.9 Å². The van der Waals surface area contributed by atoms with Gasteiger partial charge in [0.05, 0.1) is 6.10 Å². The molecule has 0 spiro atoms. The lowest BCUT2D eigenvalue weighted by Crippen LogP contribution is -2.47. The Kier molecular flexibility index (Phi) is 3.96. The van der Waals surface area contributed by atoms with Crippen LogP contribution in [0.3, 0.4) is 0 Å². The topological polar surface area (TPSA) is 65.4 Å². The minimum Gasteiger partial charge on any atom is -0.389 e. The Hall–Kier alpha value is -2.21. The minimum absolute atomic E-state index is 0.467. The van der Waals surface area contributed by atoms with Crippen LogP contribution in [-0.4, -0.2) is 46.2 Å². The monoisotopic (exact) mass is 285 g/mol. The Morgan fingerprint density at radius 3 is 2.33 bits per heavy atom. The van der Waals surface area contributed by atoms with E-state index in [1.54, 1.807) is 25.5 Å². The first-order valence-electron chi connectivity index (χ1n) is 7.15. The normalized spacial score (nSPS) is 16.9. The number of anilines is 2. The second-order valence-electron chi connectivity index (χ2n) is 5.15. The second kappa shape index (κ2) is 6.05. The molecule has 0 aliphatic carbocycles. The van der Waals surface area contributed by atoms with Crippen LogP contribution in [0.15, 0.2) is 36.8 Å². The first-order valence-corrected chi connectivity index (χ1v) is 7.15. The van der Waals surface area contributed by atoms with Crippen LogP contribution in [0, 0.1) is 0 Å². The van der Waals surface area contributed by atoms with Gasteiger partial charge in [-0.05, 0) is 30.7 Å². The van der Waals surface area contributed by atoms with Crippen LogP contribution in [0.1, 0.15) is 18.6 Å². The molecule has 6 nitrogen and oxygen atoms in total. The molecule has 2 aromatic rings. The number of hydrogen-bond acceptors (Lipinski definition) is 6. The number of piperazine rings is 1. The fourth-order valence-corrected chi connectivity index (χ4v) is 2.46. The predicted octanol–water partition coefficient (Wildman–Crippen LogP) is 1.25. The SMILES string of the molecule is C[C@@H](O)c1ccnc(N2CCN(c3ncccn3)CC2)c1. The molecule has 1 aliphatic rings. The molecular weight excluding hydrogens is 266 g/mol. The number of hydrogen-bond donors (Lipinski definition) is 1. The van der Waals surface area contributed by atoms with Gasteiger partial charge in [-0.25, -0.2) is 15.0 Å². The molecule has 3 heterocycles. The molecule has 1 aliphatic heterocycles. The van der Waals surface area contributed by atoms with Crippen molar-refractivity contribution in [1.82, 2.24) is 15.0 Å². The fourth-order valence-electron chi connectivity index (χ4n) is 2.46. The van der Waals surface area contributed by atoms with E-state index in [9.17, 15) is 5.11 Å². The molecule has 0 radical (unpaired) electrons. The molecule has 0 amide bonds. The number of aliphatic hydroxyl groups excluding tert-OH is 1. The van der Waals surface area contributed by atoms with Gasteiger partial charge in [-0.3, -0.25) is 0 Å². The summed E-state index contributed by atoms with van der Waals surface area (Å²) in [5.74, 6) is 1.70. The van der Waals surface area contributed by atoms with Gasteiger partial charge in [-0.2, -0.15) is 0 Å². The van der Waals surface area contributed by atoms with E-state index in [0.29, 0.717) is 0 Å². The van der Waals surface area contributed by atoms with Crippen LogP contribution in [-0.2, 0) is 0 Å². The molecule has 2 aromatic heterocycles. The van der Waals surface area contributed by atoms with E-state index < -0.39 is 6.10 Å². The van der Waals surface area contributed by atoms with Crippen molar-refractivity contribution in [3.8, 4) is 0 Å². The van der Waals surface area contributed by atoms with E-state index in [2.05, 4.69) is 24.8 Å². The van der Waals surface area contributed by atoms with E-state index in [1.165, 1.54) is 0 Å². The van der Waals surface area contributed by atoms with Crippen LogP contribution < -0.4 is 9.80 Å². The summed E-state index contributed by atoms with van der Waals surface area (Å²) in [6.45, 7) is 5.24. The van der Waals surface area contributed by atoms with E-state index in [4.69, 9.17) is 0 Å². The Bertz CT molecular complexity index is 582. The highest BCUT2D eigenvalue weighted by atomic mass is 16.3. The molecular formula is C15H19N5O. The van der Waals surface area contributed by atoms with Crippen molar-refractivity contribution in [2.24, 2.45) is 0 Å². The van der Waals surface area contributed by atoms with Crippen LogP contribution in [0.5, 0.6) is 0 Å². The van der Waals surface area contributed by atoms with Crippen LogP contribution in [0.2, 0.25) is 0 Å². The van der Waals surface area contributed by atoms with Crippen LogP contribution in [0.4, 0.5) is 11.8 Å². The summed E-state index contributed by atoms with van der Waals surface area (Å²) >= 11 is 0. The van der Waals surface area contributed by atoms with E-state index in [0.717, 1.165) is 43.5 Å². The summed E-state index contributed by atoms with van der Waals surface area (Å²) in [5.41, 5.74) is 0.897. The summed E-state index contributed by atoms with van der Waals surface area (Å²) in [4.78, 5) is 17.4. The highest BCUT2D eigenvalue weighted by molar-refractivity contribution is 5.44. The first-order chi connectivity index (χ1) is 10.2. The summed E-state index contributed by atoms with van der Waals surface area (Å²) in [7, 11) is 0. The maximum absolute atomic E-state index is 9.67. The number of aromatic nitrogens is 3. The van der Waals surface area contributed by atoms with Crippen LogP contribution in [0.25, 0.3) is 0 Å². The maximum Gasteiger partial charge on any atom is 0.225 e. The maximum atomic E-state index is 9.67. The quantitative estimate of drug-likeness (QED) is 0.915. The van der Waals surface area contributed by atoms with Crippen molar-refractivity contribution in [2.75, 3.05) is 36.0 Å². The van der Waals surface area contributed by atoms with E-state index in [1.807, 2.05) is 18.2 Å². The zero-order chi connectivity index (χ0) is 14.7. The molecule has 110 valence electrons. The zero-order valence-electron chi connectivity index (χ0n) is 12.1. The van der Waals surface area contributed by atoms with Gasteiger partial charge in [0.2, 0.25) is 5.95 Å². The number of pyridine rings is 1. The Balaban J connectivity index is 1.67. The molecule has 6 heteroatoms. The highest BCUT2D eigenvalue weighted by Crippen LogP contribution is 2.20. The molecule has 1 saturated heterocycles. The minimum atomic E-state index is -0.467. The van der Waals surface area contributed by atoms with E-state index >= 15 is 0 Å². The zero-order valence-corrected chi connectivity index (χ0v) is 12.1. The molecule has 1 N–H and O–H groups in total. The number of aliphatic hydroxyl groups is 1. The van der Waals surface area contributed by atoms with Gasteiger partial charge in [0.25, 0.3) is 0 Å². The molecule has 0 unspecified atom stereocenters. The number of nitrogens with zero attached hydrogens (tertiary/aromatic N) is 5. The third kappa shape index (κ3) is 3.11. The molecule has 0 bridgehead atoms. The average Bonchev–Trinajstić information content (AvgIpc) is 2.56. The Morgan fingerprint density at radius 2 is 1.67 bits per heavy atom. The lowest BCUT2D eigenvalue weighted by atomic mass is 10.1. The van der Waals surface area contributed by atoms with Crippen molar-refractivity contribution < 1.29 is 5.11 Å². The third-order valence-corrected chi connectivity index (χ3v) is 3.69. The smallest absolute Gasteiger partial charge is 0.225 e. The summed E-state index contributed by atoms with van der Waals surface area (Å²) in [6, 6.07) is 5.63. The van der Waals surface area contributed by atoms with Crippen LogP contribution >= 0.6 is 0 Å².